The molecule has 0 bridgehead atoms. The van der Waals surface area contributed by atoms with Crippen LogP contribution in [0.3, 0.4) is 0 Å². The van der Waals surface area contributed by atoms with Gasteiger partial charge in [0.2, 0.25) is 5.91 Å². The van der Waals surface area contributed by atoms with Gasteiger partial charge in [0, 0.05) is 19.6 Å². The number of nitriles is 1. The first kappa shape index (κ1) is 20.2. The van der Waals surface area contributed by atoms with E-state index < -0.39 is 0 Å². The number of aromatic nitrogens is 4. The Labute approximate surface area is 170 Å². The van der Waals surface area contributed by atoms with Gasteiger partial charge in [-0.15, -0.1) is 5.10 Å². The summed E-state index contributed by atoms with van der Waals surface area (Å²) in [5.74, 6) is 0.0615. The quantitative estimate of drug-likeness (QED) is 0.582. The van der Waals surface area contributed by atoms with Crippen LogP contribution < -0.4 is 0 Å². The molecule has 0 saturated carbocycles. The van der Waals surface area contributed by atoms with E-state index in [1.165, 1.54) is 6.33 Å². The predicted molar refractivity (Wildman–Crippen MR) is 108 cm³/mol. The minimum atomic E-state index is 0.0615. The Hall–Kier alpha value is -3.57. The monoisotopic (exact) mass is 389 g/mol. The number of likely N-dealkylation sites (N-methyl/N-ethyl adjacent to an activating group) is 1. The SMILES string of the molecule is CN(C)CCN(Cc1ccc(C#N)cc1)C(=O)Cc1ccc(-n2cnnn2)cc1. The zero-order chi connectivity index (χ0) is 20.6. The maximum absolute atomic E-state index is 13.0. The van der Waals surface area contributed by atoms with Crippen LogP contribution in [0.2, 0.25) is 0 Å². The molecule has 8 nitrogen and oxygen atoms in total. The van der Waals surface area contributed by atoms with E-state index in [9.17, 15) is 4.79 Å². The Bertz CT molecular complexity index is 958. The summed E-state index contributed by atoms with van der Waals surface area (Å²) in [7, 11) is 3.98. The van der Waals surface area contributed by atoms with Crippen LogP contribution in [0.5, 0.6) is 0 Å². The third-order valence-corrected chi connectivity index (χ3v) is 4.53. The predicted octanol–water partition coefficient (Wildman–Crippen LogP) is 1.67. The van der Waals surface area contributed by atoms with Crippen molar-refractivity contribution in [3.63, 3.8) is 0 Å². The standard InChI is InChI=1S/C21H23N7O/c1-26(2)11-12-27(15-19-5-3-18(14-22)4-6-19)21(29)13-17-7-9-20(10-8-17)28-16-23-24-25-28/h3-10,16H,11-13,15H2,1-2H3. The lowest BCUT2D eigenvalue weighted by molar-refractivity contribution is -0.131. The van der Waals surface area contributed by atoms with Crippen LogP contribution >= 0.6 is 0 Å². The van der Waals surface area contributed by atoms with Crippen molar-refractivity contribution in [2.24, 2.45) is 0 Å². The van der Waals surface area contributed by atoms with Crippen LogP contribution in [0.4, 0.5) is 0 Å². The highest BCUT2D eigenvalue weighted by molar-refractivity contribution is 5.78. The molecule has 8 heteroatoms. The zero-order valence-electron chi connectivity index (χ0n) is 16.6. The highest BCUT2D eigenvalue weighted by Gasteiger charge is 2.15. The molecule has 0 fully saturated rings. The second kappa shape index (κ2) is 9.57. The van der Waals surface area contributed by atoms with Gasteiger partial charge in [0.25, 0.3) is 0 Å². The van der Waals surface area contributed by atoms with Crippen molar-refractivity contribution in [1.29, 1.82) is 5.26 Å². The van der Waals surface area contributed by atoms with Gasteiger partial charge in [-0.1, -0.05) is 24.3 Å². The molecule has 1 heterocycles. The van der Waals surface area contributed by atoms with Gasteiger partial charge in [0.1, 0.15) is 6.33 Å². The topological polar surface area (TPSA) is 90.9 Å². The van der Waals surface area contributed by atoms with Crippen molar-refractivity contribution < 1.29 is 4.79 Å². The molecule has 0 aliphatic rings. The Morgan fingerprint density at radius 2 is 1.72 bits per heavy atom. The first-order chi connectivity index (χ1) is 14.0. The first-order valence-corrected chi connectivity index (χ1v) is 9.29. The van der Waals surface area contributed by atoms with Crippen LogP contribution in [0.15, 0.2) is 54.9 Å². The van der Waals surface area contributed by atoms with Gasteiger partial charge in [-0.2, -0.15) is 5.26 Å². The lowest BCUT2D eigenvalue weighted by Gasteiger charge is -2.25. The lowest BCUT2D eigenvalue weighted by atomic mass is 10.1. The summed E-state index contributed by atoms with van der Waals surface area (Å²) in [5.41, 5.74) is 3.39. The van der Waals surface area contributed by atoms with Crippen molar-refractivity contribution in [2.75, 3.05) is 27.2 Å². The molecule has 0 N–H and O–H groups in total. The molecule has 0 unspecified atom stereocenters. The molecule has 0 saturated heterocycles. The average molecular weight is 389 g/mol. The van der Waals surface area contributed by atoms with Crippen LogP contribution in [-0.4, -0.2) is 63.1 Å². The smallest absolute Gasteiger partial charge is 0.227 e. The van der Waals surface area contributed by atoms with E-state index in [2.05, 4.69) is 26.5 Å². The molecular weight excluding hydrogens is 366 g/mol. The van der Waals surface area contributed by atoms with Crippen molar-refractivity contribution in [3.05, 3.63) is 71.5 Å². The number of nitrogens with zero attached hydrogens (tertiary/aromatic N) is 7. The number of amides is 1. The van der Waals surface area contributed by atoms with E-state index in [0.29, 0.717) is 25.1 Å². The number of hydrogen-bond acceptors (Lipinski definition) is 6. The molecule has 3 rings (SSSR count). The molecule has 148 valence electrons. The average Bonchev–Trinajstić information content (AvgIpc) is 3.27. The van der Waals surface area contributed by atoms with E-state index in [1.54, 1.807) is 16.8 Å². The Kier molecular flexibility index (Phi) is 6.66. The van der Waals surface area contributed by atoms with Gasteiger partial charge in [-0.05, 0) is 59.9 Å². The number of tetrazole rings is 1. The fourth-order valence-electron chi connectivity index (χ4n) is 2.85. The number of rotatable bonds is 8. The maximum Gasteiger partial charge on any atom is 0.227 e. The van der Waals surface area contributed by atoms with Crippen molar-refractivity contribution in [1.82, 2.24) is 30.0 Å². The molecule has 2 aromatic carbocycles. The van der Waals surface area contributed by atoms with Crippen molar-refractivity contribution >= 4 is 5.91 Å². The molecule has 0 radical (unpaired) electrons. The van der Waals surface area contributed by atoms with Gasteiger partial charge < -0.3 is 9.80 Å². The Morgan fingerprint density at radius 3 is 2.31 bits per heavy atom. The Balaban J connectivity index is 1.68. The van der Waals surface area contributed by atoms with Gasteiger partial charge in [-0.25, -0.2) is 4.68 Å². The number of carbonyl (C=O) groups excluding carboxylic acids is 1. The highest BCUT2D eigenvalue weighted by atomic mass is 16.2. The fraction of sp³-hybridized carbons (Fsp3) is 0.286. The van der Waals surface area contributed by atoms with E-state index in [4.69, 9.17) is 5.26 Å². The second-order valence-corrected chi connectivity index (χ2v) is 7.02. The molecule has 0 aliphatic carbocycles. The number of hydrogen-bond donors (Lipinski definition) is 0. The lowest BCUT2D eigenvalue weighted by Crippen LogP contribution is -2.37. The van der Waals surface area contributed by atoms with E-state index in [1.807, 2.05) is 55.4 Å². The van der Waals surface area contributed by atoms with Crippen LogP contribution in [0.25, 0.3) is 5.69 Å². The Morgan fingerprint density at radius 1 is 1.03 bits per heavy atom. The summed E-state index contributed by atoms with van der Waals surface area (Å²) in [5, 5.41) is 20.1. The first-order valence-electron chi connectivity index (χ1n) is 9.29. The van der Waals surface area contributed by atoms with Gasteiger partial charge in [-0.3, -0.25) is 4.79 Å². The van der Waals surface area contributed by atoms with E-state index in [0.717, 1.165) is 23.4 Å². The number of benzene rings is 2. The molecule has 29 heavy (non-hydrogen) atoms. The third kappa shape index (κ3) is 5.70. The molecule has 0 spiro atoms. The summed E-state index contributed by atoms with van der Waals surface area (Å²) >= 11 is 0. The molecular formula is C21H23N7O. The van der Waals surface area contributed by atoms with E-state index >= 15 is 0 Å². The molecule has 0 atom stereocenters. The maximum atomic E-state index is 13.0. The van der Waals surface area contributed by atoms with Crippen molar-refractivity contribution in [3.8, 4) is 11.8 Å². The summed E-state index contributed by atoms with van der Waals surface area (Å²) in [6, 6.07) is 17.1. The molecule has 0 aliphatic heterocycles. The number of carbonyl (C=O) groups is 1. The third-order valence-electron chi connectivity index (χ3n) is 4.53. The minimum Gasteiger partial charge on any atom is -0.337 e. The van der Waals surface area contributed by atoms with Gasteiger partial charge >= 0.3 is 0 Å². The normalized spacial score (nSPS) is 10.7. The summed E-state index contributed by atoms with van der Waals surface area (Å²) < 4.78 is 1.57. The van der Waals surface area contributed by atoms with Gasteiger partial charge in [0.15, 0.2) is 0 Å². The van der Waals surface area contributed by atoms with Crippen LogP contribution in [0, 0.1) is 11.3 Å². The van der Waals surface area contributed by atoms with Crippen LogP contribution in [0.1, 0.15) is 16.7 Å². The zero-order valence-corrected chi connectivity index (χ0v) is 16.6. The van der Waals surface area contributed by atoms with Crippen molar-refractivity contribution in [2.45, 2.75) is 13.0 Å². The highest BCUT2D eigenvalue weighted by Crippen LogP contribution is 2.12. The fourth-order valence-corrected chi connectivity index (χ4v) is 2.85. The minimum absolute atomic E-state index is 0.0615. The van der Waals surface area contributed by atoms with E-state index in [-0.39, 0.29) is 5.91 Å². The summed E-state index contributed by atoms with van der Waals surface area (Å²) in [4.78, 5) is 16.9. The van der Waals surface area contributed by atoms with Gasteiger partial charge in [0.05, 0.1) is 23.7 Å². The van der Waals surface area contributed by atoms with Crippen LogP contribution in [-0.2, 0) is 17.8 Å². The largest absolute Gasteiger partial charge is 0.337 e. The molecule has 3 aromatic rings. The molecule has 1 amide bonds. The molecule has 1 aromatic heterocycles. The second-order valence-electron chi connectivity index (χ2n) is 7.02. The summed E-state index contributed by atoms with van der Waals surface area (Å²) in [6.45, 7) is 1.93. The summed E-state index contributed by atoms with van der Waals surface area (Å²) in [6.07, 6.45) is 1.85.